The summed E-state index contributed by atoms with van der Waals surface area (Å²) >= 11 is 0. The molecule has 3 N–H and O–H groups in total. The van der Waals surface area contributed by atoms with Crippen LogP contribution in [0.4, 0.5) is 26.3 Å². The van der Waals surface area contributed by atoms with Gasteiger partial charge in [-0.1, -0.05) is 101 Å². The number of halogens is 6. The smallest absolute Gasteiger partial charge is 0.354 e. The van der Waals surface area contributed by atoms with Crippen molar-refractivity contribution in [2.45, 2.75) is 48.1 Å². The van der Waals surface area contributed by atoms with E-state index in [2.05, 4.69) is 49.3 Å². The molecule has 434 valence electrons. The quantitative estimate of drug-likeness (QED) is 0.0605. The molecule has 0 spiro atoms. The molecule has 0 aliphatic heterocycles. The number of hydrogen-bond acceptors (Lipinski definition) is 9. The first kappa shape index (κ1) is 74.5. The summed E-state index contributed by atoms with van der Waals surface area (Å²) in [6.45, 7) is 11.0. The molecular formula is C60H52F6Ir4N6O5-4. The van der Waals surface area contributed by atoms with Crippen molar-refractivity contribution in [2.24, 2.45) is 10.8 Å². The fraction of sp³-hybridized carbons (Fsp3) is 0.150. The monoisotopic (exact) mass is 1820 g/mol. The van der Waals surface area contributed by atoms with Crippen molar-refractivity contribution >= 4 is 11.8 Å². The van der Waals surface area contributed by atoms with Crippen molar-refractivity contribution in [3.8, 4) is 39.5 Å². The number of aromatic carboxylic acids is 1. The second-order valence-electron chi connectivity index (χ2n) is 17.9. The molecule has 11 nitrogen and oxygen atoms in total. The number of ketones is 1. The number of nitrogens with zero attached hydrogens (tertiary/aromatic N) is 6. The molecule has 5 aromatic heterocycles. The van der Waals surface area contributed by atoms with Gasteiger partial charge >= 0.3 is 5.97 Å². The van der Waals surface area contributed by atoms with Gasteiger partial charge in [0.2, 0.25) is 0 Å². The molecule has 0 aliphatic carbocycles. The zero-order chi connectivity index (χ0) is 56.5. The first-order valence-corrected chi connectivity index (χ1v) is 23.1. The minimum atomic E-state index is -0.990. The summed E-state index contributed by atoms with van der Waals surface area (Å²) in [7, 11) is 0. The van der Waals surface area contributed by atoms with Gasteiger partial charge in [-0.2, -0.15) is 11.2 Å². The van der Waals surface area contributed by atoms with Gasteiger partial charge in [0.15, 0.2) is 5.78 Å². The number of carboxylic acids is 1. The Morgan fingerprint density at radius 3 is 1.47 bits per heavy atom. The summed E-state index contributed by atoms with van der Waals surface area (Å²) in [5.41, 5.74) is 3.11. The summed E-state index contributed by atoms with van der Waals surface area (Å²) in [5, 5.41) is 30.6. The number of hydrogen-bond donors (Lipinski definition) is 3. The Morgan fingerprint density at radius 1 is 0.543 bits per heavy atom. The number of carboxylic acid groups (broad SMARTS) is 1. The van der Waals surface area contributed by atoms with Gasteiger partial charge in [-0.3, -0.25) is 35.8 Å². The van der Waals surface area contributed by atoms with E-state index < -0.39 is 46.3 Å². The summed E-state index contributed by atoms with van der Waals surface area (Å²) in [6.07, 6.45) is 10.6. The maximum atomic E-state index is 13.4. The van der Waals surface area contributed by atoms with Crippen LogP contribution in [0.3, 0.4) is 0 Å². The first-order chi connectivity index (χ1) is 36.6. The van der Waals surface area contributed by atoms with Crippen molar-refractivity contribution in [3.63, 3.8) is 0 Å². The maximum absolute atomic E-state index is 13.4. The van der Waals surface area contributed by atoms with Gasteiger partial charge in [0, 0.05) is 169 Å². The Kier molecular flexibility index (Phi) is 34.5. The summed E-state index contributed by atoms with van der Waals surface area (Å²) < 4.78 is 78.7. The van der Waals surface area contributed by atoms with Crippen molar-refractivity contribution in [3.05, 3.63) is 253 Å². The molecule has 5 heterocycles. The van der Waals surface area contributed by atoms with E-state index in [-0.39, 0.29) is 126 Å². The molecule has 0 unspecified atom stereocenters. The molecule has 0 bridgehead atoms. The van der Waals surface area contributed by atoms with Crippen LogP contribution < -0.4 is 0 Å². The number of carbonyl (C=O) groups is 2. The minimum Gasteiger partial charge on any atom is -0.512 e. The molecule has 0 saturated heterocycles. The molecule has 21 heteroatoms. The predicted molar refractivity (Wildman–Crippen MR) is 279 cm³/mol. The number of aliphatic hydroxyl groups is 2. The fourth-order valence-corrected chi connectivity index (χ4v) is 5.64. The zero-order valence-corrected chi connectivity index (χ0v) is 53.5. The van der Waals surface area contributed by atoms with Crippen LogP contribution in [-0.4, -0.2) is 56.8 Å². The van der Waals surface area contributed by atoms with Gasteiger partial charge in [0.05, 0.1) is 6.61 Å². The van der Waals surface area contributed by atoms with Gasteiger partial charge in [-0.25, -0.2) is 9.78 Å². The van der Waals surface area contributed by atoms with E-state index in [4.69, 9.17) is 10.2 Å². The van der Waals surface area contributed by atoms with Gasteiger partial charge in [-0.15, -0.1) is 72.3 Å². The Labute approximate surface area is 520 Å². The molecule has 0 amide bonds. The molecule has 0 aliphatic rings. The second kappa shape index (κ2) is 37.5. The standard InChI is InChI=1S/C12H8F2NO.C11H6F2N.C11H8N.C11H20O2.C9H5F2N2.C6H5NO2.4Ir/c13-9-1-2-10(11(14)6-9)12-5-8(7-16)3-4-15-12;12-8-4-5-9(10(13)7-8)11-3-1-2-6-14-11;1-2-6-10(7-3-1)11-8-4-5-9-12-11;1-10(2,3)8(12)7-9(13)11(4,5)6;10-7-2-3-9(8(11)6-7)13-5-1-4-12-13;8-6(9)5-3-1-2-4-7-5;;;;/h1,3-6,16H,7H2;1-4,6-7H;1-6,8-9H;7,12H,1-6H3;1-2,4-6H;1-4H,(H,8,9);;;;/q3*-1;;-1;;;;;. The van der Waals surface area contributed by atoms with Crippen LogP contribution in [0.1, 0.15) is 57.6 Å². The Balaban J connectivity index is 0.000000945. The van der Waals surface area contributed by atoms with Gasteiger partial charge in [-0.05, 0) is 64.7 Å². The number of allylic oxidation sites excluding steroid dienone is 2. The van der Waals surface area contributed by atoms with Crippen LogP contribution in [0.15, 0.2) is 182 Å². The van der Waals surface area contributed by atoms with Crippen LogP contribution in [0.25, 0.3) is 39.5 Å². The van der Waals surface area contributed by atoms with Crippen molar-refractivity contribution < 1.29 is 132 Å². The van der Waals surface area contributed by atoms with E-state index in [1.807, 2.05) is 84.0 Å². The molecule has 9 rings (SSSR count). The number of benzene rings is 4. The van der Waals surface area contributed by atoms with Crippen molar-refractivity contribution in [1.82, 2.24) is 29.7 Å². The van der Waals surface area contributed by atoms with E-state index in [9.17, 15) is 41.0 Å². The number of carbonyl (C=O) groups excluding carboxylic acids is 1. The van der Waals surface area contributed by atoms with Gasteiger partial charge in [0.25, 0.3) is 0 Å². The number of pyridine rings is 4. The minimum absolute atomic E-state index is 0. The zero-order valence-electron chi connectivity index (χ0n) is 43.9. The molecule has 9 aromatic rings. The van der Waals surface area contributed by atoms with Gasteiger partial charge in [0.1, 0.15) is 11.5 Å². The Bertz CT molecular complexity index is 3250. The average molecular weight is 1820 g/mol. The largest absolute Gasteiger partial charge is 0.512 e. The fourth-order valence-electron chi connectivity index (χ4n) is 5.64. The second-order valence-corrected chi connectivity index (χ2v) is 17.9. The molecule has 0 fully saturated rings. The normalized spacial score (nSPS) is 10.2. The molecule has 81 heavy (non-hydrogen) atoms. The Hall–Kier alpha value is -6.49. The molecule has 0 saturated carbocycles. The molecule has 0 atom stereocenters. The maximum Gasteiger partial charge on any atom is 0.354 e. The summed E-state index contributed by atoms with van der Waals surface area (Å²) in [5.74, 6) is -4.90. The third-order valence-electron chi connectivity index (χ3n) is 9.78. The topological polar surface area (TPSA) is 164 Å². The van der Waals surface area contributed by atoms with E-state index in [0.29, 0.717) is 17.0 Å². The predicted octanol–water partition coefficient (Wildman–Crippen LogP) is 13.5. The molecule has 4 radical (unpaired) electrons. The third-order valence-corrected chi connectivity index (χ3v) is 9.78. The number of aliphatic hydroxyl groups excluding tert-OH is 2. The third kappa shape index (κ3) is 26.3. The molecule has 4 aromatic carbocycles. The van der Waals surface area contributed by atoms with E-state index in [0.717, 1.165) is 47.7 Å². The van der Waals surface area contributed by atoms with Crippen molar-refractivity contribution in [2.75, 3.05) is 0 Å². The van der Waals surface area contributed by atoms with Crippen LogP contribution in [0.2, 0.25) is 0 Å². The van der Waals surface area contributed by atoms with Crippen molar-refractivity contribution in [1.29, 1.82) is 0 Å². The molecular weight excluding hydrogens is 1770 g/mol. The first-order valence-electron chi connectivity index (χ1n) is 23.1. The van der Waals surface area contributed by atoms with Crippen LogP contribution in [0.5, 0.6) is 0 Å². The Morgan fingerprint density at radius 2 is 1.05 bits per heavy atom. The number of rotatable bonds is 7. The summed E-state index contributed by atoms with van der Waals surface area (Å²) in [6, 6.07) is 44.5. The SMILES string of the molecule is CC(C)(C)C(=O)C=C(O)C(C)(C)C.Fc1c[c-]c(-c2ccccn2)c(F)c1.Fc1c[c-]c(-n2cccn2)c(F)c1.O=C(O)c1ccccn1.OCc1ccnc(-c2[c-]cc(F)cc2F)c1.[Ir].[Ir].[Ir].[Ir].[c-]1ccccc1-c1ccccn1. The van der Waals surface area contributed by atoms with E-state index in [1.165, 1.54) is 41.5 Å². The summed E-state index contributed by atoms with van der Waals surface area (Å²) in [4.78, 5) is 37.3. The van der Waals surface area contributed by atoms with Crippen LogP contribution >= 0.6 is 0 Å². The van der Waals surface area contributed by atoms with E-state index in [1.54, 1.807) is 61.1 Å². The van der Waals surface area contributed by atoms with Gasteiger partial charge < -0.3 is 30.3 Å². The number of aromatic nitrogens is 6. The average Bonchev–Trinajstić information content (AvgIpc) is 3.95. The van der Waals surface area contributed by atoms with E-state index >= 15 is 0 Å². The van der Waals surface area contributed by atoms with Crippen LogP contribution in [0, 0.1) is 70.0 Å². The van der Waals surface area contributed by atoms with Crippen LogP contribution in [-0.2, 0) is 91.8 Å².